The van der Waals surface area contributed by atoms with Gasteiger partial charge in [0.2, 0.25) is 0 Å². The zero-order chi connectivity index (χ0) is 19.4. The molecule has 0 radical (unpaired) electrons. The van der Waals surface area contributed by atoms with Crippen molar-refractivity contribution in [2.75, 3.05) is 5.32 Å². The van der Waals surface area contributed by atoms with E-state index in [0.717, 1.165) is 5.56 Å². The lowest BCUT2D eigenvalue weighted by molar-refractivity contribution is -0.268. The number of nitrogens with one attached hydrogen (secondary N) is 1. The van der Waals surface area contributed by atoms with E-state index in [-0.39, 0.29) is 16.5 Å². The Kier molecular flexibility index (Phi) is 5.28. The molecule has 6 heteroatoms. The lowest BCUT2D eigenvalue weighted by atomic mass is 10.1. The van der Waals surface area contributed by atoms with Crippen LogP contribution in [0.25, 0.3) is 0 Å². The first-order valence-corrected chi connectivity index (χ1v) is 9.81. The van der Waals surface area contributed by atoms with Crippen LogP contribution in [0, 0.1) is 13.8 Å². The summed E-state index contributed by atoms with van der Waals surface area (Å²) >= 11 is 0. The maximum atomic E-state index is 12.8. The second kappa shape index (κ2) is 7.63. The predicted molar refractivity (Wildman–Crippen MR) is 106 cm³/mol. The fourth-order valence-corrected chi connectivity index (χ4v) is 3.51. The average molecular weight is 379 g/mol. The first kappa shape index (κ1) is 18.7. The number of hydrogen-bond donors (Lipinski definition) is 1. The van der Waals surface area contributed by atoms with Gasteiger partial charge < -0.3 is 10.4 Å². The van der Waals surface area contributed by atoms with E-state index < -0.39 is 10.0 Å². The molecule has 0 fully saturated rings. The van der Waals surface area contributed by atoms with Crippen LogP contribution in [0.1, 0.15) is 16.7 Å². The van der Waals surface area contributed by atoms with E-state index in [1.165, 1.54) is 24.3 Å². The molecule has 0 saturated carbocycles. The van der Waals surface area contributed by atoms with Gasteiger partial charge in [-0.3, -0.25) is 0 Å². The molecule has 3 rings (SSSR count). The highest BCUT2D eigenvalue weighted by molar-refractivity contribution is 7.90. The average Bonchev–Trinajstić information content (AvgIpc) is 2.64. The topological polar surface area (TPSA) is 81.6 Å². The third-order valence-electron chi connectivity index (χ3n) is 4.03. The van der Waals surface area contributed by atoms with Crippen LogP contribution < -0.4 is 10.4 Å². The highest BCUT2D eigenvalue weighted by Crippen LogP contribution is 2.21. The van der Waals surface area contributed by atoms with Crippen LogP contribution in [-0.2, 0) is 10.0 Å². The van der Waals surface area contributed by atoms with Gasteiger partial charge in [0.15, 0.2) is 5.84 Å². The normalized spacial score (nSPS) is 12.0. The Morgan fingerprint density at radius 3 is 2.22 bits per heavy atom. The van der Waals surface area contributed by atoms with Gasteiger partial charge in [-0.2, -0.15) is 8.42 Å². The minimum Gasteiger partial charge on any atom is -0.872 e. The van der Waals surface area contributed by atoms with Gasteiger partial charge in [-0.15, -0.1) is 10.1 Å². The van der Waals surface area contributed by atoms with Gasteiger partial charge in [0.1, 0.15) is 0 Å². The van der Waals surface area contributed by atoms with Gasteiger partial charge in [0.25, 0.3) is 10.0 Å². The molecule has 5 nitrogen and oxygen atoms in total. The fourth-order valence-electron chi connectivity index (χ4n) is 2.53. The van der Waals surface area contributed by atoms with E-state index in [9.17, 15) is 13.5 Å². The SMILES string of the molecule is Cc1ccc(S(=O)(=O)N=C(Nc2ccc([O-])cc2C)c2ccccc2)cc1. The summed E-state index contributed by atoms with van der Waals surface area (Å²) in [6.07, 6.45) is 0. The Morgan fingerprint density at radius 2 is 1.59 bits per heavy atom. The molecular formula is C21H19N2O3S-. The Hall–Kier alpha value is -3.12. The van der Waals surface area contributed by atoms with Crippen LogP contribution in [-0.4, -0.2) is 14.3 Å². The zero-order valence-corrected chi connectivity index (χ0v) is 15.8. The molecule has 0 unspecified atom stereocenters. The van der Waals surface area contributed by atoms with Crippen molar-refractivity contribution in [1.82, 2.24) is 0 Å². The van der Waals surface area contributed by atoms with Crippen molar-refractivity contribution in [3.8, 4) is 5.75 Å². The van der Waals surface area contributed by atoms with Crippen LogP contribution in [0.3, 0.4) is 0 Å². The van der Waals surface area contributed by atoms with Crippen LogP contribution in [0.4, 0.5) is 5.69 Å². The van der Waals surface area contributed by atoms with E-state index in [2.05, 4.69) is 9.71 Å². The molecule has 0 aliphatic heterocycles. The first-order valence-electron chi connectivity index (χ1n) is 8.37. The Labute approximate surface area is 159 Å². The van der Waals surface area contributed by atoms with E-state index in [4.69, 9.17) is 0 Å². The molecule has 3 aromatic rings. The number of hydrogen-bond acceptors (Lipinski definition) is 3. The molecule has 0 bridgehead atoms. The van der Waals surface area contributed by atoms with Gasteiger partial charge in [0.05, 0.1) is 4.90 Å². The standard InChI is InChI=1S/C21H20N2O3S/c1-15-8-11-19(12-9-15)27(25,26)23-21(17-6-4-3-5-7-17)22-20-13-10-18(24)14-16(20)2/h3-14,24H,1-2H3,(H,22,23)/p-1. The molecule has 0 aliphatic rings. The largest absolute Gasteiger partial charge is 0.872 e. The number of aryl methyl sites for hydroxylation is 2. The van der Waals surface area contributed by atoms with Crippen molar-refractivity contribution in [2.45, 2.75) is 18.7 Å². The molecule has 1 N–H and O–H groups in total. The van der Waals surface area contributed by atoms with Crippen molar-refractivity contribution in [2.24, 2.45) is 4.40 Å². The van der Waals surface area contributed by atoms with Crippen molar-refractivity contribution in [3.63, 3.8) is 0 Å². The zero-order valence-electron chi connectivity index (χ0n) is 15.0. The number of sulfonamides is 1. The van der Waals surface area contributed by atoms with Gasteiger partial charge in [0, 0.05) is 11.3 Å². The van der Waals surface area contributed by atoms with Gasteiger partial charge >= 0.3 is 0 Å². The molecule has 0 atom stereocenters. The van der Waals surface area contributed by atoms with E-state index in [1.54, 1.807) is 49.4 Å². The molecule has 3 aromatic carbocycles. The Balaban J connectivity index is 2.07. The first-order chi connectivity index (χ1) is 12.8. The summed E-state index contributed by atoms with van der Waals surface area (Å²) in [5.74, 6) is 0.0847. The highest BCUT2D eigenvalue weighted by Gasteiger charge is 2.16. The summed E-state index contributed by atoms with van der Waals surface area (Å²) in [5, 5.41) is 14.5. The van der Waals surface area contributed by atoms with Crippen molar-refractivity contribution >= 4 is 21.5 Å². The lowest BCUT2D eigenvalue weighted by Gasteiger charge is -2.15. The van der Waals surface area contributed by atoms with Crippen molar-refractivity contribution in [1.29, 1.82) is 0 Å². The maximum absolute atomic E-state index is 12.8. The minimum absolute atomic E-state index is 0.108. The smallest absolute Gasteiger partial charge is 0.284 e. The molecule has 0 spiro atoms. The maximum Gasteiger partial charge on any atom is 0.284 e. The van der Waals surface area contributed by atoms with Gasteiger partial charge in [-0.1, -0.05) is 60.2 Å². The molecule has 0 aromatic heterocycles. The molecule has 138 valence electrons. The fraction of sp³-hybridized carbons (Fsp3) is 0.0952. The number of anilines is 1. The van der Waals surface area contributed by atoms with Crippen LogP contribution in [0.2, 0.25) is 0 Å². The summed E-state index contributed by atoms with van der Waals surface area (Å²) in [5.41, 5.74) is 2.92. The molecule has 0 saturated heterocycles. The second-order valence-electron chi connectivity index (χ2n) is 6.20. The predicted octanol–water partition coefficient (Wildman–Crippen LogP) is 3.62. The van der Waals surface area contributed by atoms with Crippen LogP contribution in [0.15, 0.2) is 82.1 Å². The van der Waals surface area contributed by atoms with E-state index in [1.807, 2.05) is 13.0 Å². The molecular weight excluding hydrogens is 360 g/mol. The van der Waals surface area contributed by atoms with E-state index in [0.29, 0.717) is 16.8 Å². The highest BCUT2D eigenvalue weighted by atomic mass is 32.2. The van der Waals surface area contributed by atoms with Crippen LogP contribution >= 0.6 is 0 Å². The van der Waals surface area contributed by atoms with Crippen molar-refractivity contribution < 1.29 is 13.5 Å². The lowest BCUT2D eigenvalue weighted by Crippen LogP contribution is -2.17. The molecule has 0 heterocycles. The minimum atomic E-state index is -3.90. The summed E-state index contributed by atoms with van der Waals surface area (Å²) in [4.78, 5) is 0.120. The van der Waals surface area contributed by atoms with Gasteiger partial charge in [-0.05, 0) is 37.6 Å². The van der Waals surface area contributed by atoms with Crippen molar-refractivity contribution in [3.05, 3.63) is 89.5 Å². The molecule has 0 aliphatic carbocycles. The quantitative estimate of drug-likeness (QED) is 0.554. The van der Waals surface area contributed by atoms with Gasteiger partial charge in [-0.25, -0.2) is 0 Å². The number of rotatable bonds is 4. The third-order valence-corrected chi connectivity index (χ3v) is 5.32. The number of amidine groups is 1. The number of nitrogens with zero attached hydrogens (tertiary/aromatic N) is 1. The van der Waals surface area contributed by atoms with Crippen LogP contribution in [0.5, 0.6) is 5.75 Å². The monoisotopic (exact) mass is 379 g/mol. The number of benzene rings is 3. The third kappa shape index (κ3) is 4.54. The summed E-state index contributed by atoms with van der Waals surface area (Å²) in [6, 6.07) is 20.1. The second-order valence-corrected chi connectivity index (χ2v) is 7.80. The van der Waals surface area contributed by atoms with E-state index >= 15 is 0 Å². The molecule has 27 heavy (non-hydrogen) atoms. The Morgan fingerprint density at radius 1 is 0.926 bits per heavy atom. The molecule has 0 amide bonds. The summed E-state index contributed by atoms with van der Waals surface area (Å²) < 4.78 is 29.6. The summed E-state index contributed by atoms with van der Waals surface area (Å²) in [7, 11) is -3.90. The summed E-state index contributed by atoms with van der Waals surface area (Å²) in [6.45, 7) is 3.67. The Bertz CT molecular complexity index is 1070.